The molecule has 0 bridgehead atoms. The lowest BCUT2D eigenvalue weighted by atomic mass is 9.98. The maximum Gasteiger partial charge on any atom is 0.0681 e. The van der Waals surface area contributed by atoms with Gasteiger partial charge in [0, 0.05) is 21.9 Å². The maximum absolute atomic E-state index is 9.36. The maximum atomic E-state index is 9.36. The summed E-state index contributed by atoms with van der Waals surface area (Å²) in [4.78, 5) is 2.57. The van der Waals surface area contributed by atoms with Crippen LogP contribution in [-0.4, -0.2) is 29.8 Å². The van der Waals surface area contributed by atoms with E-state index in [1.165, 1.54) is 33.7 Å². The monoisotopic (exact) mass is 422 g/mol. The minimum atomic E-state index is 0.0608. The fourth-order valence-corrected chi connectivity index (χ4v) is 5.15. The molecule has 0 atom stereocenters. The zero-order chi connectivity index (χ0) is 20.8. The molecular weight excluding hydrogens is 392 g/mol. The van der Waals surface area contributed by atoms with Crippen LogP contribution in [0.3, 0.4) is 0 Å². The SMILES string of the molecule is OCc1ccc(-c2cc(CNCC3CCNCC3)sc2-c2ccc(CO)cc2)cc1. The molecule has 1 saturated heterocycles. The largest absolute Gasteiger partial charge is 0.392 e. The van der Waals surface area contributed by atoms with Crippen molar-refractivity contribution in [1.82, 2.24) is 10.6 Å². The number of aliphatic hydroxyl groups excluding tert-OH is 2. The predicted octanol–water partition coefficient (Wildman–Crippen LogP) is 4.16. The van der Waals surface area contributed by atoms with Crippen LogP contribution in [0.5, 0.6) is 0 Å². The molecule has 0 spiro atoms. The Morgan fingerprint density at radius 2 is 1.47 bits per heavy atom. The van der Waals surface area contributed by atoms with Gasteiger partial charge in [-0.25, -0.2) is 0 Å². The number of thiophene rings is 1. The number of benzene rings is 2. The van der Waals surface area contributed by atoms with Crippen LogP contribution < -0.4 is 10.6 Å². The summed E-state index contributed by atoms with van der Waals surface area (Å²) in [7, 11) is 0. The first-order valence-electron chi connectivity index (χ1n) is 10.7. The van der Waals surface area contributed by atoms with E-state index in [1.54, 1.807) is 0 Å². The van der Waals surface area contributed by atoms with Crippen LogP contribution in [0.1, 0.15) is 28.8 Å². The average molecular weight is 423 g/mol. The van der Waals surface area contributed by atoms with Crippen molar-refractivity contribution in [2.75, 3.05) is 19.6 Å². The second-order valence-corrected chi connectivity index (χ2v) is 9.13. The molecular formula is C25H30N2O2S. The van der Waals surface area contributed by atoms with E-state index < -0.39 is 0 Å². The molecule has 4 rings (SSSR count). The molecule has 2 aromatic carbocycles. The molecule has 4 nitrogen and oxygen atoms in total. The molecule has 4 N–H and O–H groups in total. The summed E-state index contributed by atoms with van der Waals surface area (Å²) in [6, 6.07) is 18.6. The molecule has 0 aliphatic carbocycles. The van der Waals surface area contributed by atoms with Crippen molar-refractivity contribution in [2.45, 2.75) is 32.6 Å². The zero-order valence-electron chi connectivity index (χ0n) is 17.2. The van der Waals surface area contributed by atoms with Gasteiger partial charge in [-0.1, -0.05) is 48.5 Å². The van der Waals surface area contributed by atoms with Crippen LogP contribution in [-0.2, 0) is 19.8 Å². The predicted molar refractivity (Wildman–Crippen MR) is 124 cm³/mol. The summed E-state index contributed by atoms with van der Waals surface area (Å²) in [5.74, 6) is 0.766. The summed E-state index contributed by atoms with van der Waals surface area (Å²) in [5, 5.41) is 25.8. The van der Waals surface area contributed by atoms with Gasteiger partial charge in [-0.3, -0.25) is 0 Å². The summed E-state index contributed by atoms with van der Waals surface area (Å²) in [6.07, 6.45) is 2.50. The van der Waals surface area contributed by atoms with Crippen molar-refractivity contribution in [1.29, 1.82) is 0 Å². The number of piperidine rings is 1. The molecule has 1 fully saturated rings. The van der Waals surface area contributed by atoms with Crippen molar-refractivity contribution in [3.63, 3.8) is 0 Å². The van der Waals surface area contributed by atoms with Crippen LogP contribution in [0.2, 0.25) is 0 Å². The van der Waals surface area contributed by atoms with Crippen molar-refractivity contribution >= 4 is 11.3 Å². The number of aliphatic hydroxyl groups is 2. The highest BCUT2D eigenvalue weighted by Crippen LogP contribution is 2.39. The van der Waals surface area contributed by atoms with Crippen molar-refractivity contribution in [3.8, 4) is 21.6 Å². The van der Waals surface area contributed by atoms with Gasteiger partial charge < -0.3 is 20.8 Å². The molecule has 1 aliphatic heterocycles. The Bertz CT molecular complexity index is 864. The first-order valence-corrected chi connectivity index (χ1v) is 11.5. The van der Waals surface area contributed by atoms with E-state index >= 15 is 0 Å². The van der Waals surface area contributed by atoms with Gasteiger partial charge in [-0.05, 0) is 66.7 Å². The molecule has 0 saturated carbocycles. The van der Waals surface area contributed by atoms with E-state index in [9.17, 15) is 10.2 Å². The van der Waals surface area contributed by atoms with E-state index in [2.05, 4.69) is 41.0 Å². The summed E-state index contributed by atoms with van der Waals surface area (Å²) in [6.45, 7) is 4.34. The molecule has 5 heteroatoms. The highest BCUT2D eigenvalue weighted by Gasteiger charge is 2.15. The van der Waals surface area contributed by atoms with Crippen molar-refractivity contribution in [2.24, 2.45) is 5.92 Å². The van der Waals surface area contributed by atoms with E-state index in [1.807, 2.05) is 35.6 Å². The Morgan fingerprint density at radius 1 is 0.867 bits per heavy atom. The lowest BCUT2D eigenvalue weighted by Gasteiger charge is -2.22. The van der Waals surface area contributed by atoms with Crippen molar-refractivity contribution < 1.29 is 10.2 Å². The van der Waals surface area contributed by atoms with Gasteiger partial charge >= 0.3 is 0 Å². The van der Waals surface area contributed by atoms with Gasteiger partial charge in [0.2, 0.25) is 0 Å². The Labute approximate surface area is 182 Å². The standard InChI is InChI=1S/C25H30N2O2S/c28-16-19-1-5-21(6-2-19)24-13-23(15-27-14-18-9-11-26-12-10-18)30-25(24)22-7-3-20(17-29)4-8-22/h1-8,13,18,26-29H,9-12,14-17H2. The second kappa shape index (κ2) is 10.3. The third-order valence-corrected chi connectivity index (χ3v) is 7.00. The average Bonchev–Trinajstić information content (AvgIpc) is 3.24. The fourth-order valence-electron chi connectivity index (χ4n) is 3.99. The van der Waals surface area contributed by atoms with Crippen LogP contribution in [0.4, 0.5) is 0 Å². The highest BCUT2D eigenvalue weighted by atomic mass is 32.1. The Kier molecular flexibility index (Phi) is 7.31. The van der Waals surface area contributed by atoms with E-state index in [4.69, 9.17) is 0 Å². The molecule has 0 radical (unpaired) electrons. The molecule has 0 amide bonds. The topological polar surface area (TPSA) is 64.5 Å². The quantitative estimate of drug-likeness (QED) is 0.440. The number of hydrogen-bond acceptors (Lipinski definition) is 5. The number of hydrogen-bond donors (Lipinski definition) is 4. The van der Waals surface area contributed by atoms with Crippen LogP contribution in [0.15, 0.2) is 54.6 Å². The molecule has 158 valence electrons. The van der Waals surface area contributed by atoms with Gasteiger partial charge in [0.05, 0.1) is 13.2 Å². The minimum absolute atomic E-state index is 0.0608. The highest BCUT2D eigenvalue weighted by molar-refractivity contribution is 7.16. The van der Waals surface area contributed by atoms with E-state index in [0.29, 0.717) is 0 Å². The minimum Gasteiger partial charge on any atom is -0.392 e. The summed E-state index contributed by atoms with van der Waals surface area (Å²) in [5.41, 5.74) is 5.40. The number of rotatable bonds is 8. The van der Waals surface area contributed by atoms with E-state index in [-0.39, 0.29) is 13.2 Å². The van der Waals surface area contributed by atoms with Crippen LogP contribution in [0.25, 0.3) is 21.6 Å². The van der Waals surface area contributed by atoms with Gasteiger partial charge in [0.1, 0.15) is 0 Å². The molecule has 30 heavy (non-hydrogen) atoms. The molecule has 2 heterocycles. The first-order chi connectivity index (χ1) is 14.8. The third-order valence-electron chi connectivity index (χ3n) is 5.82. The normalized spacial score (nSPS) is 14.9. The Balaban J connectivity index is 1.57. The first kappa shape index (κ1) is 21.2. The third kappa shape index (κ3) is 5.17. The smallest absolute Gasteiger partial charge is 0.0681 e. The van der Waals surface area contributed by atoms with Gasteiger partial charge in [-0.15, -0.1) is 11.3 Å². The fraction of sp³-hybridized carbons (Fsp3) is 0.360. The molecule has 0 unspecified atom stereocenters. The molecule has 3 aromatic rings. The van der Waals surface area contributed by atoms with E-state index in [0.717, 1.165) is 48.8 Å². The summed E-state index contributed by atoms with van der Waals surface area (Å²) < 4.78 is 0. The van der Waals surface area contributed by atoms with Gasteiger partial charge in [-0.2, -0.15) is 0 Å². The Hall–Kier alpha value is -2.02. The van der Waals surface area contributed by atoms with Gasteiger partial charge in [0.25, 0.3) is 0 Å². The lowest BCUT2D eigenvalue weighted by molar-refractivity contribution is 0.281. The van der Waals surface area contributed by atoms with Crippen LogP contribution >= 0.6 is 11.3 Å². The molecule has 1 aliphatic rings. The molecule has 1 aromatic heterocycles. The van der Waals surface area contributed by atoms with Crippen LogP contribution in [0, 0.1) is 5.92 Å². The van der Waals surface area contributed by atoms with Crippen molar-refractivity contribution in [3.05, 3.63) is 70.6 Å². The zero-order valence-corrected chi connectivity index (χ0v) is 18.0. The number of nitrogens with one attached hydrogen (secondary N) is 2. The van der Waals surface area contributed by atoms with Gasteiger partial charge in [0.15, 0.2) is 0 Å². The Morgan fingerprint density at radius 3 is 2.07 bits per heavy atom. The second-order valence-electron chi connectivity index (χ2n) is 7.99. The lowest BCUT2D eigenvalue weighted by Crippen LogP contribution is -2.33. The summed E-state index contributed by atoms with van der Waals surface area (Å²) >= 11 is 1.83.